The lowest BCUT2D eigenvalue weighted by Crippen LogP contribution is -2.44. The highest BCUT2D eigenvalue weighted by atomic mass is 16.5. The van der Waals surface area contributed by atoms with Crippen LogP contribution in [0.3, 0.4) is 0 Å². The van der Waals surface area contributed by atoms with Gasteiger partial charge in [-0.25, -0.2) is 0 Å². The summed E-state index contributed by atoms with van der Waals surface area (Å²) in [5, 5.41) is 2.82. The fourth-order valence-electron chi connectivity index (χ4n) is 3.35. The predicted octanol–water partition coefficient (Wildman–Crippen LogP) is 2.65. The van der Waals surface area contributed by atoms with Crippen LogP contribution in [0.1, 0.15) is 40.1 Å². The first-order valence-corrected chi connectivity index (χ1v) is 9.08. The molecule has 2 amide bonds. The zero-order chi connectivity index (χ0) is 19.4. The molecular weight excluding hydrogens is 342 g/mol. The first-order valence-electron chi connectivity index (χ1n) is 9.08. The van der Waals surface area contributed by atoms with Crippen molar-refractivity contribution in [1.29, 1.82) is 0 Å². The minimum Gasteiger partial charge on any atom is -0.373 e. The van der Waals surface area contributed by atoms with E-state index in [-0.39, 0.29) is 18.1 Å². The molecule has 2 aromatic carbocycles. The van der Waals surface area contributed by atoms with Gasteiger partial charge in [0.2, 0.25) is 5.91 Å². The molecule has 6 nitrogen and oxygen atoms in total. The quantitative estimate of drug-likeness (QED) is 0.851. The van der Waals surface area contributed by atoms with Crippen LogP contribution in [0.15, 0.2) is 48.5 Å². The molecule has 0 saturated carbocycles. The van der Waals surface area contributed by atoms with E-state index in [1.807, 2.05) is 24.3 Å². The molecule has 2 atom stereocenters. The van der Waals surface area contributed by atoms with Gasteiger partial charge in [-0.15, -0.1) is 0 Å². The molecule has 27 heavy (non-hydrogen) atoms. The highest BCUT2D eigenvalue weighted by molar-refractivity contribution is 6.04. The van der Waals surface area contributed by atoms with E-state index in [9.17, 15) is 9.59 Å². The maximum Gasteiger partial charge on any atom is 0.255 e. The lowest BCUT2D eigenvalue weighted by atomic mass is 10.1. The standard InChI is InChI=1S/C21H25N3O3/c1-14-11-24(12-15(2)27-14)13-16-3-5-18(6-4-16)21(26)23-19-9-7-17(8-10-19)20(22)25/h3-10,14-15H,11-13H2,1-2H3,(H2,22,25)(H,23,26)/t14-,15+. The second kappa shape index (κ2) is 8.33. The molecule has 6 heteroatoms. The fourth-order valence-corrected chi connectivity index (χ4v) is 3.35. The Morgan fingerprint density at radius 2 is 1.56 bits per heavy atom. The van der Waals surface area contributed by atoms with Crippen molar-refractivity contribution in [2.45, 2.75) is 32.6 Å². The van der Waals surface area contributed by atoms with Gasteiger partial charge < -0.3 is 15.8 Å². The van der Waals surface area contributed by atoms with Crippen LogP contribution in [-0.4, -0.2) is 42.0 Å². The Morgan fingerprint density at radius 1 is 1.00 bits per heavy atom. The van der Waals surface area contributed by atoms with Crippen LogP contribution in [0.25, 0.3) is 0 Å². The summed E-state index contributed by atoms with van der Waals surface area (Å²) >= 11 is 0. The largest absolute Gasteiger partial charge is 0.373 e. The van der Waals surface area contributed by atoms with Crippen LogP contribution >= 0.6 is 0 Å². The number of ether oxygens (including phenoxy) is 1. The van der Waals surface area contributed by atoms with Gasteiger partial charge in [-0.05, 0) is 55.8 Å². The summed E-state index contributed by atoms with van der Waals surface area (Å²) in [6, 6.07) is 14.1. The Balaban J connectivity index is 1.59. The second-order valence-corrected chi connectivity index (χ2v) is 7.04. The van der Waals surface area contributed by atoms with Gasteiger partial charge in [0.05, 0.1) is 12.2 Å². The highest BCUT2D eigenvalue weighted by Crippen LogP contribution is 2.16. The van der Waals surface area contributed by atoms with Crippen molar-refractivity contribution < 1.29 is 14.3 Å². The van der Waals surface area contributed by atoms with E-state index in [1.54, 1.807) is 24.3 Å². The molecule has 1 fully saturated rings. The molecule has 0 spiro atoms. The maximum atomic E-state index is 12.4. The summed E-state index contributed by atoms with van der Waals surface area (Å²) in [4.78, 5) is 25.9. The van der Waals surface area contributed by atoms with Crippen LogP contribution in [0.4, 0.5) is 5.69 Å². The third-order valence-electron chi connectivity index (χ3n) is 4.54. The van der Waals surface area contributed by atoms with Gasteiger partial charge in [-0.2, -0.15) is 0 Å². The topological polar surface area (TPSA) is 84.7 Å². The third-order valence-corrected chi connectivity index (χ3v) is 4.54. The molecule has 1 aliphatic rings. The third kappa shape index (κ3) is 5.15. The lowest BCUT2D eigenvalue weighted by molar-refractivity contribution is -0.0704. The van der Waals surface area contributed by atoms with Gasteiger partial charge in [-0.3, -0.25) is 14.5 Å². The number of nitrogens with zero attached hydrogens (tertiary/aromatic N) is 1. The molecule has 3 rings (SSSR count). The Labute approximate surface area is 159 Å². The van der Waals surface area contributed by atoms with E-state index in [1.165, 1.54) is 5.56 Å². The number of carbonyl (C=O) groups is 2. The molecule has 2 aromatic rings. The zero-order valence-electron chi connectivity index (χ0n) is 15.6. The molecule has 1 aliphatic heterocycles. The monoisotopic (exact) mass is 367 g/mol. The number of amides is 2. The summed E-state index contributed by atoms with van der Waals surface area (Å²) < 4.78 is 5.76. The SMILES string of the molecule is C[C@@H]1CN(Cc2ccc(C(=O)Nc3ccc(C(N)=O)cc3)cc2)C[C@H](C)O1. The van der Waals surface area contributed by atoms with Crippen LogP contribution < -0.4 is 11.1 Å². The van der Waals surface area contributed by atoms with Gasteiger partial charge in [0.1, 0.15) is 0 Å². The number of benzene rings is 2. The van der Waals surface area contributed by atoms with Crippen molar-refractivity contribution in [3.8, 4) is 0 Å². The zero-order valence-corrected chi connectivity index (χ0v) is 15.6. The number of carbonyl (C=O) groups excluding carboxylic acids is 2. The number of hydrogen-bond donors (Lipinski definition) is 2. The molecule has 142 valence electrons. The molecule has 0 aliphatic carbocycles. The van der Waals surface area contributed by atoms with Gasteiger partial charge in [0.15, 0.2) is 0 Å². The minimum absolute atomic E-state index is 0.193. The van der Waals surface area contributed by atoms with Crippen molar-refractivity contribution in [3.05, 3.63) is 65.2 Å². The molecule has 0 radical (unpaired) electrons. The van der Waals surface area contributed by atoms with Crippen molar-refractivity contribution in [1.82, 2.24) is 4.90 Å². The van der Waals surface area contributed by atoms with Gasteiger partial charge in [-0.1, -0.05) is 12.1 Å². The van der Waals surface area contributed by atoms with E-state index in [4.69, 9.17) is 10.5 Å². The Bertz CT molecular complexity index is 792. The number of nitrogens with two attached hydrogens (primary N) is 1. The second-order valence-electron chi connectivity index (χ2n) is 7.04. The van der Waals surface area contributed by atoms with Crippen molar-refractivity contribution in [2.24, 2.45) is 5.73 Å². The van der Waals surface area contributed by atoms with E-state index in [0.29, 0.717) is 16.8 Å². The van der Waals surface area contributed by atoms with Crippen LogP contribution in [0.2, 0.25) is 0 Å². The molecular formula is C21H25N3O3. The maximum absolute atomic E-state index is 12.4. The van der Waals surface area contributed by atoms with Gasteiger partial charge >= 0.3 is 0 Å². The van der Waals surface area contributed by atoms with Crippen molar-refractivity contribution >= 4 is 17.5 Å². The normalized spacial score (nSPS) is 20.2. The first kappa shape index (κ1) is 19.1. The van der Waals surface area contributed by atoms with Crippen LogP contribution in [0, 0.1) is 0 Å². The number of rotatable bonds is 5. The lowest BCUT2D eigenvalue weighted by Gasteiger charge is -2.35. The van der Waals surface area contributed by atoms with E-state index >= 15 is 0 Å². The average Bonchev–Trinajstić information content (AvgIpc) is 2.62. The van der Waals surface area contributed by atoms with E-state index < -0.39 is 5.91 Å². The summed E-state index contributed by atoms with van der Waals surface area (Å²) in [5.41, 5.74) is 7.99. The Kier molecular flexibility index (Phi) is 5.88. The van der Waals surface area contributed by atoms with Crippen molar-refractivity contribution in [2.75, 3.05) is 18.4 Å². The van der Waals surface area contributed by atoms with E-state index in [0.717, 1.165) is 19.6 Å². The van der Waals surface area contributed by atoms with E-state index in [2.05, 4.69) is 24.1 Å². The van der Waals surface area contributed by atoms with Crippen molar-refractivity contribution in [3.63, 3.8) is 0 Å². The molecule has 3 N–H and O–H groups in total. The summed E-state index contributed by atoms with van der Waals surface area (Å²) in [6.07, 6.45) is 0.472. The van der Waals surface area contributed by atoms with Gasteiger partial charge in [0, 0.05) is 36.4 Å². The van der Waals surface area contributed by atoms with Crippen LogP contribution in [-0.2, 0) is 11.3 Å². The fraction of sp³-hybridized carbons (Fsp3) is 0.333. The number of anilines is 1. The predicted molar refractivity (Wildman–Crippen MR) is 105 cm³/mol. The highest BCUT2D eigenvalue weighted by Gasteiger charge is 2.22. The number of nitrogens with one attached hydrogen (secondary N) is 1. The number of morpholine rings is 1. The molecule has 0 bridgehead atoms. The van der Waals surface area contributed by atoms with Gasteiger partial charge in [0.25, 0.3) is 5.91 Å². The average molecular weight is 367 g/mol. The Morgan fingerprint density at radius 3 is 2.11 bits per heavy atom. The molecule has 1 heterocycles. The smallest absolute Gasteiger partial charge is 0.255 e. The molecule has 1 saturated heterocycles. The van der Waals surface area contributed by atoms with Crippen LogP contribution in [0.5, 0.6) is 0 Å². The number of primary amides is 1. The molecule has 0 aromatic heterocycles. The first-order chi connectivity index (χ1) is 12.9. The Hall–Kier alpha value is -2.70. The number of hydrogen-bond acceptors (Lipinski definition) is 4. The summed E-state index contributed by atoms with van der Waals surface area (Å²) in [7, 11) is 0. The summed E-state index contributed by atoms with van der Waals surface area (Å²) in [6.45, 7) is 6.84. The molecule has 0 unspecified atom stereocenters. The minimum atomic E-state index is -0.493. The summed E-state index contributed by atoms with van der Waals surface area (Å²) in [5.74, 6) is -0.686.